The first-order valence-corrected chi connectivity index (χ1v) is 14.0. The van der Waals surface area contributed by atoms with Crippen molar-refractivity contribution in [1.82, 2.24) is 4.98 Å². The van der Waals surface area contributed by atoms with Gasteiger partial charge in [0.15, 0.2) is 11.7 Å². The molecule has 4 aliphatic carbocycles. The molecule has 4 aliphatic rings. The molecular formula is C29H29ClN2O4S. The minimum Gasteiger partial charge on any atom is -0.455 e. The first-order chi connectivity index (χ1) is 17.8. The molecule has 0 aliphatic heterocycles. The van der Waals surface area contributed by atoms with Crippen molar-refractivity contribution in [3.63, 3.8) is 0 Å². The molecule has 0 radical (unpaired) electrons. The number of esters is 1. The van der Waals surface area contributed by atoms with Crippen LogP contribution in [0.1, 0.15) is 44.1 Å². The molecule has 4 bridgehead atoms. The SMILES string of the molecule is O=C(COC(=O)C12C[C@@H]3C[C@@H](CC(O)(C3)C1)C2)N(Cc1ccccc1)c1nc(-c2ccc(Cl)cc2)cs1. The average Bonchev–Trinajstić information content (AvgIpc) is 3.35. The highest BCUT2D eigenvalue weighted by atomic mass is 35.5. The van der Waals surface area contributed by atoms with Gasteiger partial charge in [-0.25, -0.2) is 4.98 Å². The van der Waals surface area contributed by atoms with Crippen molar-refractivity contribution in [2.45, 2.75) is 50.7 Å². The number of nitrogens with zero attached hydrogens (tertiary/aromatic N) is 2. The second-order valence-electron chi connectivity index (χ2n) is 11.0. The summed E-state index contributed by atoms with van der Waals surface area (Å²) in [6, 6.07) is 17.1. The summed E-state index contributed by atoms with van der Waals surface area (Å²) >= 11 is 7.40. The Morgan fingerprint density at radius 3 is 2.43 bits per heavy atom. The fourth-order valence-electron chi connectivity index (χ4n) is 6.98. The third-order valence-corrected chi connectivity index (χ3v) is 9.25. The van der Waals surface area contributed by atoms with Gasteiger partial charge in [-0.2, -0.15) is 0 Å². The maximum atomic E-state index is 13.5. The highest BCUT2D eigenvalue weighted by Gasteiger charge is 2.61. The van der Waals surface area contributed by atoms with Crippen LogP contribution in [-0.2, 0) is 20.9 Å². The highest BCUT2D eigenvalue weighted by Crippen LogP contribution is 2.62. The van der Waals surface area contributed by atoms with E-state index in [0.29, 0.717) is 35.0 Å². The molecule has 1 N–H and O–H groups in total. The van der Waals surface area contributed by atoms with Crippen molar-refractivity contribution >= 4 is 39.9 Å². The Morgan fingerprint density at radius 2 is 1.76 bits per heavy atom. The van der Waals surface area contributed by atoms with Crippen molar-refractivity contribution in [2.75, 3.05) is 11.5 Å². The Balaban J connectivity index is 1.20. The summed E-state index contributed by atoms with van der Waals surface area (Å²) in [5.41, 5.74) is 1.19. The van der Waals surface area contributed by atoms with Crippen molar-refractivity contribution in [3.8, 4) is 11.3 Å². The molecule has 2 unspecified atom stereocenters. The number of benzene rings is 2. The van der Waals surface area contributed by atoms with E-state index < -0.39 is 11.0 Å². The summed E-state index contributed by atoms with van der Waals surface area (Å²) in [4.78, 5) is 33.1. The zero-order chi connectivity index (χ0) is 25.6. The van der Waals surface area contributed by atoms with Gasteiger partial charge in [0.2, 0.25) is 0 Å². The van der Waals surface area contributed by atoms with E-state index in [1.165, 1.54) is 11.3 Å². The Bertz CT molecular complexity index is 1290. The molecule has 1 aromatic heterocycles. The van der Waals surface area contributed by atoms with E-state index in [1.54, 1.807) is 4.90 Å². The standard InChI is InChI=1S/C29H29ClN2O4S/c30-23-8-6-22(7-9-23)24-17-37-27(31-24)32(15-19-4-2-1-3-5-19)25(33)16-36-26(34)28-11-20-10-21(12-28)14-29(35,13-20)18-28/h1-9,17,20-21,35H,10-16,18H2/t20-,21+,28?,29?. The number of halogens is 1. The minimum atomic E-state index is -0.759. The summed E-state index contributed by atoms with van der Waals surface area (Å²) in [7, 11) is 0. The number of anilines is 1. The molecule has 0 saturated heterocycles. The molecule has 3 aromatic rings. The quantitative estimate of drug-likeness (QED) is 0.382. The van der Waals surface area contributed by atoms with E-state index in [-0.39, 0.29) is 18.5 Å². The Morgan fingerprint density at radius 1 is 1.05 bits per heavy atom. The number of aromatic nitrogens is 1. The van der Waals surface area contributed by atoms with Gasteiger partial charge in [0.25, 0.3) is 5.91 Å². The van der Waals surface area contributed by atoms with Crippen molar-refractivity contribution in [2.24, 2.45) is 17.3 Å². The van der Waals surface area contributed by atoms with Crippen LogP contribution in [0.15, 0.2) is 60.0 Å². The molecule has 1 heterocycles. The van der Waals surface area contributed by atoms with Crippen LogP contribution in [-0.4, -0.2) is 34.2 Å². The second kappa shape index (κ2) is 9.53. The maximum absolute atomic E-state index is 13.5. The number of aliphatic hydroxyl groups is 1. The highest BCUT2D eigenvalue weighted by molar-refractivity contribution is 7.14. The first-order valence-electron chi connectivity index (χ1n) is 12.8. The van der Waals surface area contributed by atoms with Gasteiger partial charge in [0, 0.05) is 16.0 Å². The molecule has 2 aromatic carbocycles. The number of carbonyl (C=O) groups is 2. The van der Waals surface area contributed by atoms with Crippen LogP contribution >= 0.6 is 22.9 Å². The number of hydrogen-bond donors (Lipinski definition) is 1. The number of ether oxygens (including phenoxy) is 1. The number of hydrogen-bond acceptors (Lipinski definition) is 6. The molecule has 7 rings (SSSR count). The molecule has 4 fully saturated rings. The lowest BCUT2D eigenvalue weighted by molar-refractivity contribution is -0.196. The number of carbonyl (C=O) groups excluding carboxylic acids is 2. The van der Waals surface area contributed by atoms with Gasteiger partial charge < -0.3 is 9.84 Å². The summed E-state index contributed by atoms with van der Waals surface area (Å²) in [5.74, 6) is 0.0723. The molecular weight excluding hydrogens is 508 g/mol. The fraction of sp³-hybridized carbons (Fsp3) is 0.414. The van der Waals surface area contributed by atoms with Crippen LogP contribution < -0.4 is 4.90 Å². The van der Waals surface area contributed by atoms with E-state index in [1.807, 2.05) is 60.0 Å². The third-order valence-electron chi connectivity index (χ3n) is 8.14. The lowest BCUT2D eigenvalue weighted by Gasteiger charge is -2.58. The normalized spacial score (nSPS) is 27.7. The van der Waals surface area contributed by atoms with Crippen LogP contribution in [0.3, 0.4) is 0 Å². The number of thiazole rings is 1. The van der Waals surface area contributed by atoms with Gasteiger partial charge in [0.1, 0.15) is 0 Å². The van der Waals surface area contributed by atoms with Gasteiger partial charge in [-0.15, -0.1) is 11.3 Å². The summed E-state index contributed by atoms with van der Waals surface area (Å²) in [5, 5.41) is 14.1. The third kappa shape index (κ3) is 4.92. The van der Waals surface area contributed by atoms with Gasteiger partial charge in [0.05, 0.1) is 23.3 Å². The van der Waals surface area contributed by atoms with Crippen LogP contribution in [0.2, 0.25) is 5.02 Å². The lowest BCUT2D eigenvalue weighted by Crippen LogP contribution is -2.58. The predicted molar refractivity (Wildman–Crippen MR) is 143 cm³/mol. The molecule has 8 heteroatoms. The average molecular weight is 537 g/mol. The van der Waals surface area contributed by atoms with Crippen LogP contribution in [0.25, 0.3) is 11.3 Å². The Labute approximate surface area is 225 Å². The van der Waals surface area contributed by atoms with E-state index in [4.69, 9.17) is 21.3 Å². The van der Waals surface area contributed by atoms with Gasteiger partial charge in [-0.05, 0) is 68.1 Å². The van der Waals surface area contributed by atoms with Gasteiger partial charge in [-0.3, -0.25) is 14.5 Å². The maximum Gasteiger partial charge on any atom is 0.312 e. The molecule has 0 spiro atoms. The van der Waals surface area contributed by atoms with E-state index >= 15 is 0 Å². The molecule has 4 saturated carbocycles. The Hall–Kier alpha value is -2.74. The van der Waals surface area contributed by atoms with Crippen molar-refractivity contribution in [1.29, 1.82) is 0 Å². The number of rotatable bonds is 7. The van der Waals surface area contributed by atoms with Gasteiger partial charge >= 0.3 is 5.97 Å². The molecule has 4 atom stereocenters. The van der Waals surface area contributed by atoms with Crippen LogP contribution in [0, 0.1) is 17.3 Å². The van der Waals surface area contributed by atoms with E-state index in [2.05, 4.69) is 0 Å². The molecule has 192 valence electrons. The first kappa shape index (κ1) is 24.6. The molecule has 37 heavy (non-hydrogen) atoms. The largest absolute Gasteiger partial charge is 0.455 e. The van der Waals surface area contributed by atoms with Crippen LogP contribution in [0.4, 0.5) is 5.13 Å². The second-order valence-corrected chi connectivity index (χ2v) is 12.3. The zero-order valence-corrected chi connectivity index (χ0v) is 22.0. The predicted octanol–water partition coefficient (Wildman–Crippen LogP) is 5.87. The smallest absolute Gasteiger partial charge is 0.312 e. The summed E-state index contributed by atoms with van der Waals surface area (Å²) in [6.45, 7) is -0.0309. The van der Waals surface area contributed by atoms with Crippen LogP contribution in [0.5, 0.6) is 0 Å². The van der Waals surface area contributed by atoms with Crippen molar-refractivity contribution in [3.05, 3.63) is 70.6 Å². The van der Waals surface area contributed by atoms with Gasteiger partial charge in [-0.1, -0.05) is 54.1 Å². The van der Waals surface area contributed by atoms with Crippen molar-refractivity contribution < 1.29 is 19.4 Å². The molecule has 6 nitrogen and oxygen atoms in total. The topological polar surface area (TPSA) is 79.7 Å². The summed E-state index contributed by atoms with van der Waals surface area (Å²) in [6.07, 6.45) is 4.60. The van der Waals surface area contributed by atoms with E-state index in [0.717, 1.165) is 48.9 Å². The summed E-state index contributed by atoms with van der Waals surface area (Å²) < 4.78 is 5.70. The molecule has 1 amide bonds. The Kier molecular flexibility index (Phi) is 6.33. The lowest BCUT2D eigenvalue weighted by atomic mass is 9.48. The number of amides is 1. The minimum absolute atomic E-state index is 0.319. The van der Waals surface area contributed by atoms with E-state index in [9.17, 15) is 14.7 Å². The fourth-order valence-corrected chi connectivity index (χ4v) is 7.96. The zero-order valence-electron chi connectivity index (χ0n) is 20.4. The monoisotopic (exact) mass is 536 g/mol.